The molecule has 0 aliphatic heterocycles. The third-order valence-corrected chi connectivity index (χ3v) is 3.06. The number of carbonyl (C=O) groups is 1. The van der Waals surface area contributed by atoms with Gasteiger partial charge >= 0.3 is 0 Å². The fourth-order valence-electron chi connectivity index (χ4n) is 1.74. The summed E-state index contributed by atoms with van der Waals surface area (Å²) in [5.74, 6) is 0. The number of aldehydes is 1. The normalized spacial score (nSPS) is 10.1. The molecule has 0 aliphatic carbocycles. The van der Waals surface area contributed by atoms with Crippen molar-refractivity contribution in [1.29, 1.82) is 0 Å². The first kappa shape index (κ1) is 10.9. The van der Waals surface area contributed by atoms with Crippen molar-refractivity contribution in [2.75, 3.05) is 0 Å². The molecule has 0 spiro atoms. The van der Waals surface area contributed by atoms with Crippen molar-refractivity contribution < 1.29 is 4.79 Å². The SMILES string of the molecule is Cc1c(Cl)cccc1-c1ccccc1C=O. The van der Waals surface area contributed by atoms with Crippen LogP contribution < -0.4 is 0 Å². The van der Waals surface area contributed by atoms with Crippen molar-refractivity contribution >= 4 is 17.9 Å². The number of rotatable bonds is 2. The Morgan fingerprint density at radius 1 is 1.00 bits per heavy atom. The zero-order chi connectivity index (χ0) is 11.5. The Labute approximate surface area is 99.7 Å². The molecule has 0 heterocycles. The molecule has 0 amide bonds. The van der Waals surface area contributed by atoms with Gasteiger partial charge in [0.15, 0.2) is 6.29 Å². The van der Waals surface area contributed by atoms with Gasteiger partial charge in [0.05, 0.1) is 0 Å². The maximum absolute atomic E-state index is 11.0. The van der Waals surface area contributed by atoms with E-state index in [2.05, 4.69) is 0 Å². The van der Waals surface area contributed by atoms with Gasteiger partial charge in [0, 0.05) is 10.6 Å². The molecule has 0 aliphatic rings. The predicted molar refractivity (Wildman–Crippen MR) is 67.0 cm³/mol. The van der Waals surface area contributed by atoms with Crippen LogP contribution in [-0.4, -0.2) is 6.29 Å². The monoisotopic (exact) mass is 230 g/mol. The van der Waals surface area contributed by atoms with Crippen molar-refractivity contribution in [2.45, 2.75) is 6.92 Å². The van der Waals surface area contributed by atoms with E-state index < -0.39 is 0 Å². The van der Waals surface area contributed by atoms with Crippen LogP contribution in [0.25, 0.3) is 11.1 Å². The highest BCUT2D eigenvalue weighted by molar-refractivity contribution is 6.31. The lowest BCUT2D eigenvalue weighted by Gasteiger charge is -2.09. The van der Waals surface area contributed by atoms with E-state index in [0.29, 0.717) is 5.56 Å². The van der Waals surface area contributed by atoms with Crippen LogP contribution in [0, 0.1) is 6.92 Å². The minimum atomic E-state index is 0.688. The van der Waals surface area contributed by atoms with E-state index in [1.807, 2.05) is 49.4 Å². The minimum Gasteiger partial charge on any atom is -0.298 e. The first-order valence-corrected chi connectivity index (χ1v) is 5.41. The Morgan fingerprint density at radius 2 is 1.69 bits per heavy atom. The lowest BCUT2D eigenvalue weighted by molar-refractivity contribution is 0.112. The number of benzene rings is 2. The Morgan fingerprint density at radius 3 is 2.44 bits per heavy atom. The summed E-state index contributed by atoms with van der Waals surface area (Å²) in [6.45, 7) is 1.96. The molecular weight excluding hydrogens is 220 g/mol. The molecule has 0 N–H and O–H groups in total. The maximum atomic E-state index is 11.0. The smallest absolute Gasteiger partial charge is 0.150 e. The highest BCUT2D eigenvalue weighted by atomic mass is 35.5. The molecule has 0 aromatic heterocycles. The van der Waals surface area contributed by atoms with Crippen LogP contribution in [0.2, 0.25) is 5.02 Å². The second-order valence-corrected chi connectivity index (χ2v) is 4.02. The summed E-state index contributed by atoms with van der Waals surface area (Å²) < 4.78 is 0. The van der Waals surface area contributed by atoms with Gasteiger partial charge in [-0.3, -0.25) is 4.79 Å². The van der Waals surface area contributed by atoms with Crippen LogP contribution in [0.3, 0.4) is 0 Å². The summed E-state index contributed by atoms with van der Waals surface area (Å²) in [7, 11) is 0. The van der Waals surface area contributed by atoms with E-state index in [1.54, 1.807) is 0 Å². The van der Waals surface area contributed by atoms with Gasteiger partial charge in [-0.25, -0.2) is 0 Å². The number of hydrogen-bond acceptors (Lipinski definition) is 1. The van der Waals surface area contributed by atoms with E-state index in [0.717, 1.165) is 28.0 Å². The Kier molecular flexibility index (Phi) is 3.07. The summed E-state index contributed by atoms with van der Waals surface area (Å²) in [6.07, 6.45) is 0.871. The average Bonchev–Trinajstić information content (AvgIpc) is 2.33. The van der Waals surface area contributed by atoms with Crippen LogP contribution in [0.1, 0.15) is 15.9 Å². The van der Waals surface area contributed by atoms with Gasteiger partial charge in [0.25, 0.3) is 0 Å². The van der Waals surface area contributed by atoms with Crippen LogP contribution in [0.4, 0.5) is 0 Å². The topological polar surface area (TPSA) is 17.1 Å². The molecule has 1 nitrogen and oxygen atoms in total. The van der Waals surface area contributed by atoms with Crippen molar-refractivity contribution in [3.8, 4) is 11.1 Å². The van der Waals surface area contributed by atoms with E-state index in [9.17, 15) is 4.79 Å². The summed E-state index contributed by atoms with van der Waals surface area (Å²) in [5, 5.41) is 0.721. The first-order chi connectivity index (χ1) is 7.74. The molecule has 2 rings (SSSR count). The molecule has 0 atom stereocenters. The standard InChI is InChI=1S/C14H11ClO/c1-10-12(7-4-8-14(10)15)13-6-3-2-5-11(13)9-16/h2-9H,1H3. The quantitative estimate of drug-likeness (QED) is 0.709. The first-order valence-electron chi connectivity index (χ1n) is 5.03. The van der Waals surface area contributed by atoms with E-state index in [-0.39, 0.29) is 0 Å². The molecule has 2 heteroatoms. The second-order valence-electron chi connectivity index (χ2n) is 3.62. The van der Waals surface area contributed by atoms with Crippen molar-refractivity contribution in [2.24, 2.45) is 0 Å². The van der Waals surface area contributed by atoms with Gasteiger partial charge in [-0.1, -0.05) is 48.0 Å². The fraction of sp³-hybridized carbons (Fsp3) is 0.0714. The van der Waals surface area contributed by atoms with Crippen LogP contribution in [0.5, 0.6) is 0 Å². The van der Waals surface area contributed by atoms with Crippen LogP contribution in [0.15, 0.2) is 42.5 Å². The van der Waals surface area contributed by atoms with Gasteiger partial charge in [-0.15, -0.1) is 0 Å². The lowest BCUT2D eigenvalue weighted by atomic mass is 9.97. The average molecular weight is 231 g/mol. The van der Waals surface area contributed by atoms with Gasteiger partial charge in [-0.05, 0) is 29.7 Å². The maximum Gasteiger partial charge on any atom is 0.150 e. The lowest BCUT2D eigenvalue weighted by Crippen LogP contribution is -1.90. The Balaban J connectivity index is 2.67. The minimum absolute atomic E-state index is 0.688. The molecule has 0 fully saturated rings. The molecule has 0 radical (unpaired) electrons. The van der Waals surface area contributed by atoms with Gasteiger partial charge < -0.3 is 0 Å². The molecule has 2 aromatic rings. The highest BCUT2D eigenvalue weighted by Crippen LogP contribution is 2.29. The number of halogens is 1. The zero-order valence-electron chi connectivity index (χ0n) is 8.91. The van der Waals surface area contributed by atoms with Crippen molar-refractivity contribution in [3.63, 3.8) is 0 Å². The summed E-state index contributed by atoms with van der Waals surface area (Å²) >= 11 is 6.07. The highest BCUT2D eigenvalue weighted by Gasteiger charge is 2.07. The number of carbonyl (C=O) groups excluding carboxylic acids is 1. The Bertz CT molecular complexity index is 532. The van der Waals surface area contributed by atoms with Crippen molar-refractivity contribution in [3.05, 3.63) is 58.6 Å². The molecule has 2 aromatic carbocycles. The van der Waals surface area contributed by atoms with Crippen LogP contribution in [-0.2, 0) is 0 Å². The van der Waals surface area contributed by atoms with E-state index in [1.165, 1.54) is 0 Å². The fourth-order valence-corrected chi connectivity index (χ4v) is 1.92. The molecule has 0 unspecified atom stereocenters. The predicted octanol–water partition coefficient (Wildman–Crippen LogP) is 4.13. The molecule has 0 saturated heterocycles. The summed E-state index contributed by atoms with van der Waals surface area (Å²) in [5.41, 5.74) is 3.62. The Hall–Kier alpha value is -1.60. The largest absolute Gasteiger partial charge is 0.298 e. The van der Waals surface area contributed by atoms with Crippen molar-refractivity contribution in [1.82, 2.24) is 0 Å². The van der Waals surface area contributed by atoms with Crippen LogP contribution >= 0.6 is 11.6 Å². The number of hydrogen-bond donors (Lipinski definition) is 0. The molecule has 0 saturated carbocycles. The third kappa shape index (κ3) is 1.86. The molecular formula is C14H11ClO. The zero-order valence-corrected chi connectivity index (χ0v) is 9.66. The van der Waals surface area contributed by atoms with Gasteiger partial charge in [0.1, 0.15) is 0 Å². The van der Waals surface area contributed by atoms with E-state index >= 15 is 0 Å². The van der Waals surface area contributed by atoms with Gasteiger partial charge in [0.2, 0.25) is 0 Å². The second kappa shape index (κ2) is 4.50. The molecule has 80 valence electrons. The molecule has 16 heavy (non-hydrogen) atoms. The summed E-state index contributed by atoms with van der Waals surface area (Å²) in [6, 6.07) is 13.2. The van der Waals surface area contributed by atoms with Gasteiger partial charge in [-0.2, -0.15) is 0 Å². The third-order valence-electron chi connectivity index (χ3n) is 2.65. The molecule has 0 bridgehead atoms. The summed E-state index contributed by atoms with van der Waals surface area (Å²) in [4.78, 5) is 11.0. The van der Waals surface area contributed by atoms with E-state index in [4.69, 9.17) is 11.6 Å².